The molecule has 0 radical (unpaired) electrons. The minimum absolute atomic E-state index is 0.0106. The van der Waals surface area contributed by atoms with Crippen LogP contribution in [0.25, 0.3) is 0 Å². The first-order valence-corrected chi connectivity index (χ1v) is 7.76. The van der Waals surface area contributed by atoms with Crippen LogP contribution >= 0.6 is 0 Å². The highest BCUT2D eigenvalue weighted by Crippen LogP contribution is 2.24. The molecule has 1 heterocycles. The van der Waals surface area contributed by atoms with Gasteiger partial charge in [-0.25, -0.2) is 0 Å². The molecule has 124 valence electrons. The molecule has 0 unspecified atom stereocenters. The van der Waals surface area contributed by atoms with E-state index < -0.39 is 4.92 Å². The van der Waals surface area contributed by atoms with E-state index in [1.54, 1.807) is 30.0 Å². The molecule has 0 N–H and O–H groups in total. The van der Waals surface area contributed by atoms with E-state index >= 15 is 0 Å². The van der Waals surface area contributed by atoms with Crippen molar-refractivity contribution in [1.82, 2.24) is 4.90 Å². The molecule has 2 rings (SSSR count). The van der Waals surface area contributed by atoms with E-state index in [2.05, 4.69) is 6.58 Å². The summed E-state index contributed by atoms with van der Waals surface area (Å²) in [4.78, 5) is 24.9. The number of nitro benzene ring substituents is 1. The van der Waals surface area contributed by atoms with Gasteiger partial charge in [-0.2, -0.15) is 0 Å². The van der Waals surface area contributed by atoms with Gasteiger partial charge in [0.1, 0.15) is 0 Å². The normalized spacial score (nSPS) is 15.4. The van der Waals surface area contributed by atoms with Gasteiger partial charge in [-0.15, -0.1) is 6.58 Å². The maximum absolute atomic E-state index is 12.6. The third kappa shape index (κ3) is 4.16. The maximum atomic E-state index is 12.6. The van der Waals surface area contributed by atoms with Gasteiger partial charge in [-0.3, -0.25) is 14.9 Å². The molecule has 0 bridgehead atoms. The number of ether oxygens (including phenoxy) is 1. The lowest BCUT2D eigenvalue weighted by Gasteiger charge is -2.32. The third-order valence-corrected chi connectivity index (χ3v) is 4.22. The number of amides is 1. The fourth-order valence-corrected chi connectivity index (χ4v) is 2.84. The Morgan fingerprint density at radius 3 is 2.78 bits per heavy atom. The lowest BCUT2D eigenvalue weighted by Crippen LogP contribution is -2.39. The van der Waals surface area contributed by atoms with Gasteiger partial charge < -0.3 is 9.64 Å². The molecule has 1 aliphatic rings. The van der Waals surface area contributed by atoms with Crippen LogP contribution in [0.2, 0.25) is 0 Å². The van der Waals surface area contributed by atoms with E-state index in [-0.39, 0.29) is 11.6 Å². The number of benzene rings is 1. The molecule has 1 amide bonds. The zero-order valence-electron chi connectivity index (χ0n) is 13.4. The molecule has 0 atom stereocenters. The summed E-state index contributed by atoms with van der Waals surface area (Å²) in [5.41, 5.74) is 0.836. The molecular weight excluding hydrogens is 296 g/mol. The van der Waals surface area contributed by atoms with Gasteiger partial charge in [0.15, 0.2) is 0 Å². The van der Waals surface area contributed by atoms with Crippen LogP contribution < -0.4 is 0 Å². The standard InChI is InChI=1S/C17H22N2O4/c1-3-11-23-12-14-7-9-18(10-8-14)17(20)15-5-4-6-16(13(15)2)19(21)22/h3-6,14H,1,7-12H2,2H3. The number of nitrogens with zero attached hydrogens (tertiary/aromatic N) is 2. The molecule has 0 aromatic heterocycles. The molecule has 23 heavy (non-hydrogen) atoms. The van der Waals surface area contributed by atoms with Gasteiger partial charge in [-0.05, 0) is 31.7 Å². The highest BCUT2D eigenvalue weighted by molar-refractivity contribution is 5.96. The highest BCUT2D eigenvalue weighted by atomic mass is 16.6. The Bertz CT molecular complexity index is 592. The van der Waals surface area contributed by atoms with E-state index in [9.17, 15) is 14.9 Å². The second-order valence-electron chi connectivity index (χ2n) is 5.77. The van der Waals surface area contributed by atoms with Gasteiger partial charge in [0.2, 0.25) is 0 Å². The minimum atomic E-state index is -0.449. The number of carbonyl (C=O) groups is 1. The van der Waals surface area contributed by atoms with Crippen LogP contribution in [0.3, 0.4) is 0 Å². The number of carbonyl (C=O) groups excluding carboxylic acids is 1. The average molecular weight is 318 g/mol. The summed E-state index contributed by atoms with van der Waals surface area (Å²) < 4.78 is 5.47. The zero-order chi connectivity index (χ0) is 16.8. The maximum Gasteiger partial charge on any atom is 0.273 e. The van der Waals surface area contributed by atoms with Gasteiger partial charge in [0.25, 0.3) is 11.6 Å². The van der Waals surface area contributed by atoms with Crippen LogP contribution in [-0.2, 0) is 4.74 Å². The summed E-state index contributed by atoms with van der Waals surface area (Å²) in [6.45, 7) is 7.78. The van der Waals surface area contributed by atoms with Crippen LogP contribution in [0.5, 0.6) is 0 Å². The van der Waals surface area contributed by atoms with Gasteiger partial charge in [0.05, 0.1) is 11.5 Å². The first-order chi connectivity index (χ1) is 11.0. The number of hydrogen-bond acceptors (Lipinski definition) is 4. The predicted octanol–water partition coefficient (Wildman–Crippen LogP) is 2.96. The number of piperidine rings is 1. The number of likely N-dealkylation sites (tertiary alicyclic amines) is 1. The SMILES string of the molecule is C=CCOCC1CCN(C(=O)c2cccc([N+](=O)[O-])c2C)CC1. The Morgan fingerprint density at radius 1 is 1.48 bits per heavy atom. The lowest BCUT2D eigenvalue weighted by molar-refractivity contribution is -0.385. The molecule has 0 saturated carbocycles. The molecular formula is C17H22N2O4. The van der Waals surface area contributed by atoms with Gasteiger partial charge >= 0.3 is 0 Å². The molecule has 1 aromatic rings. The summed E-state index contributed by atoms with van der Waals surface area (Å²) in [6, 6.07) is 4.65. The van der Waals surface area contributed by atoms with Crippen LogP contribution in [0.1, 0.15) is 28.8 Å². The van der Waals surface area contributed by atoms with Crippen molar-refractivity contribution < 1.29 is 14.5 Å². The van der Waals surface area contributed by atoms with Crippen molar-refractivity contribution in [2.75, 3.05) is 26.3 Å². The van der Waals surface area contributed by atoms with Crippen molar-refractivity contribution in [3.05, 3.63) is 52.1 Å². The van der Waals surface area contributed by atoms with Crippen molar-refractivity contribution >= 4 is 11.6 Å². The van der Waals surface area contributed by atoms with E-state index in [0.29, 0.717) is 43.3 Å². The van der Waals surface area contributed by atoms with Crippen LogP contribution in [-0.4, -0.2) is 42.0 Å². The summed E-state index contributed by atoms with van der Waals surface area (Å²) in [5.74, 6) is 0.321. The monoisotopic (exact) mass is 318 g/mol. The topological polar surface area (TPSA) is 72.7 Å². The fourth-order valence-electron chi connectivity index (χ4n) is 2.84. The predicted molar refractivity (Wildman–Crippen MR) is 87.5 cm³/mol. The van der Waals surface area contributed by atoms with Crippen molar-refractivity contribution in [3.63, 3.8) is 0 Å². The Hall–Kier alpha value is -2.21. The van der Waals surface area contributed by atoms with Crippen molar-refractivity contribution in [2.24, 2.45) is 5.92 Å². The first kappa shape index (κ1) is 17.1. The number of hydrogen-bond donors (Lipinski definition) is 0. The Morgan fingerprint density at radius 2 is 2.17 bits per heavy atom. The average Bonchev–Trinajstić information content (AvgIpc) is 2.55. The quantitative estimate of drug-likeness (QED) is 0.350. The smallest absolute Gasteiger partial charge is 0.273 e. The summed E-state index contributed by atoms with van der Waals surface area (Å²) in [5, 5.41) is 11.0. The van der Waals surface area contributed by atoms with E-state index in [1.807, 2.05) is 0 Å². The third-order valence-electron chi connectivity index (χ3n) is 4.22. The lowest BCUT2D eigenvalue weighted by atomic mass is 9.96. The largest absolute Gasteiger partial charge is 0.377 e. The second kappa shape index (κ2) is 7.87. The zero-order valence-corrected chi connectivity index (χ0v) is 13.4. The van der Waals surface area contributed by atoms with Gasteiger partial charge in [0, 0.05) is 36.9 Å². The van der Waals surface area contributed by atoms with Crippen LogP contribution in [0.15, 0.2) is 30.9 Å². The summed E-state index contributed by atoms with van der Waals surface area (Å²) in [6.07, 6.45) is 3.50. The molecule has 0 aliphatic carbocycles. The van der Waals surface area contributed by atoms with E-state index in [4.69, 9.17) is 4.74 Å². The van der Waals surface area contributed by atoms with Crippen molar-refractivity contribution in [3.8, 4) is 0 Å². The molecule has 1 aromatic carbocycles. The molecule has 0 spiro atoms. The number of nitro groups is 1. The first-order valence-electron chi connectivity index (χ1n) is 7.76. The second-order valence-corrected chi connectivity index (χ2v) is 5.77. The molecule has 6 heteroatoms. The Labute approximate surface area is 135 Å². The minimum Gasteiger partial charge on any atom is -0.377 e. The Balaban J connectivity index is 1.99. The van der Waals surface area contributed by atoms with Crippen LogP contribution in [0.4, 0.5) is 5.69 Å². The summed E-state index contributed by atoms with van der Waals surface area (Å²) >= 11 is 0. The van der Waals surface area contributed by atoms with Gasteiger partial charge in [-0.1, -0.05) is 12.1 Å². The summed E-state index contributed by atoms with van der Waals surface area (Å²) in [7, 11) is 0. The van der Waals surface area contributed by atoms with Crippen LogP contribution in [0, 0.1) is 23.0 Å². The highest BCUT2D eigenvalue weighted by Gasteiger charge is 2.26. The van der Waals surface area contributed by atoms with E-state index in [0.717, 1.165) is 12.8 Å². The molecule has 6 nitrogen and oxygen atoms in total. The van der Waals surface area contributed by atoms with Crippen molar-refractivity contribution in [2.45, 2.75) is 19.8 Å². The molecule has 1 fully saturated rings. The Kier molecular flexibility index (Phi) is 5.87. The van der Waals surface area contributed by atoms with E-state index in [1.165, 1.54) is 6.07 Å². The van der Waals surface area contributed by atoms with Crippen molar-refractivity contribution in [1.29, 1.82) is 0 Å². The molecule has 1 saturated heterocycles. The number of rotatable bonds is 6. The molecule has 1 aliphatic heterocycles. The fraction of sp³-hybridized carbons (Fsp3) is 0.471.